The predicted molar refractivity (Wildman–Crippen MR) is 64.3 cm³/mol. The van der Waals surface area contributed by atoms with Crippen molar-refractivity contribution in [2.24, 2.45) is 5.92 Å². The molecule has 0 aromatic carbocycles. The van der Waals surface area contributed by atoms with Gasteiger partial charge < -0.3 is 15.5 Å². The molecule has 0 saturated carbocycles. The van der Waals surface area contributed by atoms with E-state index in [-0.39, 0.29) is 11.8 Å². The van der Waals surface area contributed by atoms with Gasteiger partial charge in [0.05, 0.1) is 5.92 Å². The molecule has 2 atom stereocenters. The Morgan fingerprint density at radius 2 is 2.31 bits per heavy atom. The van der Waals surface area contributed by atoms with Gasteiger partial charge in [0.2, 0.25) is 5.91 Å². The molecule has 1 amide bonds. The van der Waals surface area contributed by atoms with Crippen molar-refractivity contribution in [1.29, 1.82) is 0 Å². The maximum Gasteiger partial charge on any atom is 0.224 e. The minimum atomic E-state index is 0.216. The first-order chi connectivity index (χ1) is 7.75. The van der Waals surface area contributed by atoms with Crippen molar-refractivity contribution in [3.05, 3.63) is 0 Å². The lowest BCUT2D eigenvalue weighted by atomic mass is 10.0. The van der Waals surface area contributed by atoms with Gasteiger partial charge in [-0.1, -0.05) is 6.42 Å². The molecule has 2 unspecified atom stereocenters. The number of carbonyl (C=O) groups excluding carboxylic acids is 1. The summed E-state index contributed by atoms with van der Waals surface area (Å²) in [5.41, 5.74) is 0. The van der Waals surface area contributed by atoms with Gasteiger partial charge in [-0.25, -0.2) is 0 Å². The number of nitrogens with zero attached hydrogens (tertiary/aromatic N) is 1. The molecule has 16 heavy (non-hydrogen) atoms. The fourth-order valence-corrected chi connectivity index (χ4v) is 2.62. The van der Waals surface area contributed by atoms with Gasteiger partial charge >= 0.3 is 0 Å². The van der Waals surface area contributed by atoms with Gasteiger partial charge in [-0.15, -0.1) is 0 Å². The second-order valence-corrected chi connectivity index (χ2v) is 5.14. The minimum Gasteiger partial charge on any atom is -0.354 e. The van der Waals surface area contributed by atoms with Crippen LogP contribution in [-0.4, -0.2) is 50.1 Å². The number of rotatable bonds is 3. The third kappa shape index (κ3) is 3.19. The molecule has 92 valence electrons. The zero-order valence-electron chi connectivity index (χ0n) is 10.2. The van der Waals surface area contributed by atoms with Crippen LogP contribution in [0.4, 0.5) is 0 Å². The van der Waals surface area contributed by atoms with Crippen LogP contribution in [0.1, 0.15) is 25.7 Å². The highest BCUT2D eigenvalue weighted by molar-refractivity contribution is 5.79. The molecule has 4 heteroatoms. The van der Waals surface area contributed by atoms with E-state index in [0.29, 0.717) is 6.04 Å². The van der Waals surface area contributed by atoms with Gasteiger partial charge in [0.25, 0.3) is 0 Å². The summed E-state index contributed by atoms with van der Waals surface area (Å²) < 4.78 is 0. The normalized spacial score (nSPS) is 31.6. The van der Waals surface area contributed by atoms with Crippen LogP contribution in [0, 0.1) is 5.92 Å². The molecule has 4 nitrogen and oxygen atoms in total. The number of hydrogen-bond donors (Lipinski definition) is 2. The number of amides is 1. The molecule has 2 aliphatic heterocycles. The average Bonchev–Trinajstić information content (AvgIpc) is 2.74. The van der Waals surface area contributed by atoms with Gasteiger partial charge in [0.1, 0.15) is 0 Å². The third-order valence-electron chi connectivity index (χ3n) is 3.70. The van der Waals surface area contributed by atoms with Crippen LogP contribution in [0.25, 0.3) is 0 Å². The fourth-order valence-electron chi connectivity index (χ4n) is 2.62. The van der Waals surface area contributed by atoms with Crippen molar-refractivity contribution in [3.63, 3.8) is 0 Å². The van der Waals surface area contributed by atoms with Gasteiger partial charge in [0, 0.05) is 19.1 Å². The van der Waals surface area contributed by atoms with Crippen LogP contribution in [0.2, 0.25) is 0 Å². The monoisotopic (exact) mass is 225 g/mol. The molecule has 2 aliphatic rings. The van der Waals surface area contributed by atoms with E-state index in [1.165, 1.54) is 19.3 Å². The van der Waals surface area contributed by atoms with Gasteiger partial charge in [0.15, 0.2) is 0 Å². The highest BCUT2D eigenvalue weighted by Gasteiger charge is 2.26. The van der Waals surface area contributed by atoms with E-state index in [2.05, 4.69) is 22.6 Å². The van der Waals surface area contributed by atoms with Crippen molar-refractivity contribution in [1.82, 2.24) is 15.5 Å². The molecule has 0 aromatic rings. The molecular formula is C12H23N3O. The smallest absolute Gasteiger partial charge is 0.224 e. The van der Waals surface area contributed by atoms with Crippen LogP contribution >= 0.6 is 0 Å². The standard InChI is InChI=1S/C12H23N3O/c1-15-7-5-10(9-15)12(16)14-8-11-4-2-3-6-13-11/h10-11,13H,2-9H2,1H3,(H,14,16). The Balaban J connectivity index is 1.67. The van der Waals surface area contributed by atoms with Gasteiger partial charge in [-0.2, -0.15) is 0 Å². The quantitative estimate of drug-likeness (QED) is 0.721. The van der Waals surface area contributed by atoms with Crippen LogP contribution in [0.15, 0.2) is 0 Å². The van der Waals surface area contributed by atoms with E-state index in [1.807, 2.05) is 0 Å². The topological polar surface area (TPSA) is 44.4 Å². The number of carbonyl (C=O) groups is 1. The first-order valence-corrected chi connectivity index (χ1v) is 6.45. The average molecular weight is 225 g/mol. The van der Waals surface area contributed by atoms with Gasteiger partial charge in [-0.3, -0.25) is 4.79 Å². The molecule has 2 N–H and O–H groups in total. The van der Waals surface area contributed by atoms with E-state index >= 15 is 0 Å². The van der Waals surface area contributed by atoms with Crippen LogP contribution in [0.3, 0.4) is 0 Å². The lowest BCUT2D eigenvalue weighted by Crippen LogP contribution is -2.45. The van der Waals surface area contributed by atoms with E-state index in [9.17, 15) is 4.79 Å². The summed E-state index contributed by atoms with van der Waals surface area (Å²) >= 11 is 0. The molecule has 0 aliphatic carbocycles. The largest absolute Gasteiger partial charge is 0.354 e. The fraction of sp³-hybridized carbons (Fsp3) is 0.917. The highest BCUT2D eigenvalue weighted by Crippen LogP contribution is 2.14. The molecule has 2 saturated heterocycles. The van der Waals surface area contributed by atoms with Crippen LogP contribution in [0.5, 0.6) is 0 Å². The number of nitrogens with one attached hydrogen (secondary N) is 2. The molecule has 0 spiro atoms. The summed E-state index contributed by atoms with van der Waals surface area (Å²) in [6.07, 6.45) is 4.78. The number of likely N-dealkylation sites (tertiary alicyclic amines) is 1. The molecule has 0 radical (unpaired) electrons. The summed E-state index contributed by atoms with van der Waals surface area (Å²) in [5.74, 6) is 0.463. The van der Waals surface area contributed by atoms with Crippen molar-refractivity contribution in [2.45, 2.75) is 31.7 Å². The lowest BCUT2D eigenvalue weighted by molar-refractivity contribution is -0.124. The Hall–Kier alpha value is -0.610. The first-order valence-electron chi connectivity index (χ1n) is 6.45. The Labute approximate surface area is 97.8 Å². The van der Waals surface area contributed by atoms with E-state index < -0.39 is 0 Å². The first kappa shape index (κ1) is 11.9. The zero-order chi connectivity index (χ0) is 11.4. The summed E-state index contributed by atoms with van der Waals surface area (Å²) in [6.45, 7) is 3.88. The molecule has 2 fully saturated rings. The minimum absolute atomic E-state index is 0.216. The molecular weight excluding hydrogens is 202 g/mol. The molecule has 2 heterocycles. The molecule has 0 aromatic heterocycles. The summed E-state index contributed by atoms with van der Waals surface area (Å²) in [4.78, 5) is 14.1. The number of hydrogen-bond acceptors (Lipinski definition) is 3. The lowest BCUT2D eigenvalue weighted by Gasteiger charge is -2.24. The van der Waals surface area contributed by atoms with Crippen molar-refractivity contribution in [3.8, 4) is 0 Å². The van der Waals surface area contributed by atoms with Crippen LogP contribution < -0.4 is 10.6 Å². The zero-order valence-corrected chi connectivity index (χ0v) is 10.2. The predicted octanol–water partition coefficient (Wildman–Crippen LogP) is 0.196. The van der Waals surface area contributed by atoms with E-state index in [4.69, 9.17) is 0 Å². The maximum absolute atomic E-state index is 11.9. The Morgan fingerprint density at radius 3 is 2.94 bits per heavy atom. The Bertz CT molecular complexity index is 238. The summed E-state index contributed by atoms with van der Waals surface area (Å²) in [7, 11) is 2.08. The molecule has 2 rings (SSSR count). The van der Waals surface area contributed by atoms with Crippen molar-refractivity contribution < 1.29 is 4.79 Å². The Kier molecular flexibility index (Phi) is 4.18. The second-order valence-electron chi connectivity index (χ2n) is 5.14. The maximum atomic E-state index is 11.9. The highest BCUT2D eigenvalue weighted by atomic mass is 16.1. The van der Waals surface area contributed by atoms with Gasteiger partial charge in [-0.05, 0) is 39.4 Å². The Morgan fingerprint density at radius 1 is 1.44 bits per heavy atom. The summed E-state index contributed by atoms with van der Waals surface area (Å²) in [5, 5.41) is 6.54. The molecule has 0 bridgehead atoms. The van der Waals surface area contributed by atoms with Crippen LogP contribution in [-0.2, 0) is 4.79 Å². The number of piperidine rings is 1. The summed E-state index contributed by atoms with van der Waals surface area (Å²) in [6, 6.07) is 0.497. The van der Waals surface area contributed by atoms with Crippen molar-refractivity contribution >= 4 is 5.91 Å². The van der Waals surface area contributed by atoms with Crippen molar-refractivity contribution in [2.75, 3.05) is 33.2 Å². The van der Waals surface area contributed by atoms with E-state index in [0.717, 1.165) is 32.6 Å². The third-order valence-corrected chi connectivity index (χ3v) is 3.70. The SMILES string of the molecule is CN1CCC(C(=O)NCC2CCCCN2)C1. The second kappa shape index (κ2) is 5.64. The van der Waals surface area contributed by atoms with E-state index in [1.54, 1.807) is 0 Å².